The van der Waals surface area contributed by atoms with E-state index in [9.17, 15) is 4.79 Å². The summed E-state index contributed by atoms with van der Waals surface area (Å²) in [7, 11) is 0. The van der Waals surface area contributed by atoms with E-state index in [0.717, 1.165) is 19.5 Å². The molecule has 1 atom stereocenters. The van der Waals surface area contributed by atoms with Gasteiger partial charge in [-0.1, -0.05) is 40.5 Å². The zero-order valence-electron chi connectivity index (χ0n) is 11.6. The van der Waals surface area contributed by atoms with E-state index in [4.69, 9.17) is 0 Å². The number of Topliss-reactive ketones (excluding diaryl/α,β-unsaturated/α-hetero) is 1. The molecule has 0 radical (unpaired) electrons. The summed E-state index contributed by atoms with van der Waals surface area (Å²) < 4.78 is 0. The zero-order valence-corrected chi connectivity index (χ0v) is 11.6. The van der Waals surface area contributed by atoms with Crippen molar-refractivity contribution in [2.45, 2.75) is 59.8 Å². The third kappa shape index (κ3) is 7.00. The topological polar surface area (TPSA) is 20.3 Å². The lowest BCUT2D eigenvalue weighted by molar-refractivity contribution is -0.123. The largest absolute Gasteiger partial charge is 0.298 e. The van der Waals surface area contributed by atoms with Gasteiger partial charge < -0.3 is 0 Å². The molecule has 0 aromatic rings. The van der Waals surface area contributed by atoms with E-state index in [1.54, 1.807) is 0 Å². The van der Waals surface area contributed by atoms with Crippen LogP contribution in [0.5, 0.6) is 0 Å². The first-order valence-corrected chi connectivity index (χ1v) is 6.90. The summed E-state index contributed by atoms with van der Waals surface area (Å²) in [5.74, 6) is 0.639. The monoisotopic (exact) mass is 227 g/mol. The van der Waals surface area contributed by atoms with Crippen LogP contribution in [0.15, 0.2) is 0 Å². The Hall–Kier alpha value is -0.370. The van der Waals surface area contributed by atoms with Crippen molar-refractivity contribution in [2.75, 3.05) is 19.6 Å². The molecule has 0 N–H and O–H groups in total. The van der Waals surface area contributed by atoms with E-state index >= 15 is 0 Å². The Morgan fingerprint density at radius 2 is 1.56 bits per heavy atom. The Kier molecular flexibility index (Phi) is 9.60. The van der Waals surface area contributed by atoms with Gasteiger partial charge in [0, 0.05) is 5.92 Å². The molecule has 0 saturated heterocycles. The number of hydrogen-bond acceptors (Lipinski definition) is 2. The minimum absolute atomic E-state index is 0.228. The highest BCUT2D eigenvalue weighted by Crippen LogP contribution is 2.06. The third-order valence-corrected chi connectivity index (χ3v) is 3.20. The van der Waals surface area contributed by atoms with Crippen molar-refractivity contribution in [3.05, 3.63) is 0 Å². The third-order valence-electron chi connectivity index (χ3n) is 3.20. The summed E-state index contributed by atoms with van der Waals surface area (Å²) in [6.45, 7) is 11.4. The summed E-state index contributed by atoms with van der Waals surface area (Å²) in [4.78, 5) is 14.2. The molecule has 96 valence electrons. The van der Waals surface area contributed by atoms with Gasteiger partial charge in [-0.25, -0.2) is 0 Å². The van der Waals surface area contributed by atoms with E-state index in [0.29, 0.717) is 12.3 Å². The second kappa shape index (κ2) is 9.83. The Morgan fingerprint density at radius 3 is 1.94 bits per heavy atom. The van der Waals surface area contributed by atoms with Crippen LogP contribution in [0.2, 0.25) is 0 Å². The van der Waals surface area contributed by atoms with Crippen molar-refractivity contribution in [2.24, 2.45) is 5.92 Å². The molecule has 0 aliphatic heterocycles. The maximum Gasteiger partial charge on any atom is 0.149 e. The number of carbonyl (C=O) groups excluding carboxylic acids is 1. The maximum atomic E-state index is 11.9. The number of rotatable bonds is 10. The van der Waals surface area contributed by atoms with E-state index in [-0.39, 0.29) is 5.92 Å². The van der Waals surface area contributed by atoms with Crippen molar-refractivity contribution in [1.29, 1.82) is 0 Å². The molecule has 2 heteroatoms. The molecule has 0 spiro atoms. The number of nitrogens with zero attached hydrogens (tertiary/aromatic N) is 1. The molecule has 2 nitrogen and oxygen atoms in total. The average Bonchev–Trinajstić information content (AvgIpc) is 2.31. The van der Waals surface area contributed by atoms with E-state index in [2.05, 4.69) is 25.7 Å². The van der Waals surface area contributed by atoms with Crippen molar-refractivity contribution in [3.63, 3.8) is 0 Å². The second-order valence-electron chi connectivity index (χ2n) is 4.76. The minimum atomic E-state index is 0.228. The highest BCUT2D eigenvalue weighted by atomic mass is 16.1. The van der Waals surface area contributed by atoms with Gasteiger partial charge in [-0.15, -0.1) is 0 Å². The predicted octanol–water partition coefficient (Wildman–Crippen LogP) is 3.50. The van der Waals surface area contributed by atoms with Gasteiger partial charge in [0.2, 0.25) is 0 Å². The van der Waals surface area contributed by atoms with Crippen LogP contribution in [-0.2, 0) is 4.79 Å². The fourth-order valence-electron chi connectivity index (χ4n) is 1.64. The zero-order chi connectivity index (χ0) is 12.4. The van der Waals surface area contributed by atoms with E-state index < -0.39 is 0 Å². The van der Waals surface area contributed by atoms with Gasteiger partial charge in [-0.3, -0.25) is 9.69 Å². The molecular weight excluding hydrogens is 198 g/mol. The average molecular weight is 227 g/mol. The predicted molar refractivity (Wildman–Crippen MR) is 70.7 cm³/mol. The summed E-state index contributed by atoms with van der Waals surface area (Å²) in [6.07, 6.45) is 5.80. The van der Waals surface area contributed by atoms with E-state index in [1.165, 1.54) is 25.7 Å². The molecule has 16 heavy (non-hydrogen) atoms. The smallest absolute Gasteiger partial charge is 0.149 e. The van der Waals surface area contributed by atoms with Crippen LogP contribution in [0.4, 0.5) is 0 Å². The number of unbranched alkanes of at least 4 members (excludes halogenated alkanes) is 2. The van der Waals surface area contributed by atoms with Crippen LogP contribution in [0.1, 0.15) is 59.8 Å². The van der Waals surface area contributed by atoms with Gasteiger partial charge in [-0.05, 0) is 32.4 Å². The Morgan fingerprint density at radius 1 is 1.06 bits per heavy atom. The molecule has 0 aliphatic rings. The minimum Gasteiger partial charge on any atom is -0.298 e. The second-order valence-corrected chi connectivity index (χ2v) is 4.76. The summed E-state index contributed by atoms with van der Waals surface area (Å²) >= 11 is 0. The molecule has 0 heterocycles. The molecule has 0 saturated carbocycles. The Bertz CT molecular complexity index is 172. The first-order valence-electron chi connectivity index (χ1n) is 6.90. The molecule has 0 amide bonds. The highest BCUT2D eigenvalue weighted by Gasteiger charge is 2.14. The van der Waals surface area contributed by atoms with Crippen LogP contribution in [-0.4, -0.2) is 30.3 Å². The highest BCUT2D eigenvalue weighted by molar-refractivity contribution is 5.82. The number of hydrogen-bond donors (Lipinski definition) is 0. The summed E-state index contributed by atoms with van der Waals surface area (Å²) in [6, 6.07) is 0. The molecule has 0 aromatic carbocycles. The molecule has 1 unspecified atom stereocenters. The fraction of sp³-hybridized carbons (Fsp3) is 0.929. The normalized spacial score (nSPS) is 13.1. The lowest BCUT2D eigenvalue weighted by Crippen LogP contribution is -2.34. The first-order chi connectivity index (χ1) is 7.65. The molecule has 0 aromatic heterocycles. The van der Waals surface area contributed by atoms with Crippen molar-refractivity contribution < 1.29 is 4.79 Å². The number of ketones is 1. The number of carbonyl (C=O) groups is 1. The van der Waals surface area contributed by atoms with E-state index in [1.807, 2.05) is 6.92 Å². The standard InChI is InChI=1S/C14H29NO/c1-5-8-10-15(11-9-6-2)12-14(16)13(4)7-3/h13H,5-12H2,1-4H3. The Labute approximate surface area is 101 Å². The first kappa shape index (κ1) is 15.6. The van der Waals surface area contributed by atoms with Gasteiger partial charge in [0.1, 0.15) is 5.78 Å². The van der Waals surface area contributed by atoms with Crippen molar-refractivity contribution in [3.8, 4) is 0 Å². The van der Waals surface area contributed by atoms with Crippen LogP contribution in [0.3, 0.4) is 0 Å². The lowest BCUT2D eigenvalue weighted by atomic mass is 10.0. The summed E-state index contributed by atoms with van der Waals surface area (Å²) in [5.41, 5.74) is 0. The van der Waals surface area contributed by atoms with Crippen molar-refractivity contribution >= 4 is 5.78 Å². The van der Waals surface area contributed by atoms with Crippen LogP contribution in [0, 0.1) is 5.92 Å². The Balaban J connectivity index is 4.02. The van der Waals surface area contributed by atoms with Crippen LogP contribution >= 0.6 is 0 Å². The lowest BCUT2D eigenvalue weighted by Gasteiger charge is -2.22. The maximum absolute atomic E-state index is 11.9. The van der Waals surface area contributed by atoms with Gasteiger partial charge in [0.15, 0.2) is 0 Å². The van der Waals surface area contributed by atoms with Gasteiger partial charge in [0.05, 0.1) is 6.54 Å². The van der Waals surface area contributed by atoms with Crippen molar-refractivity contribution in [1.82, 2.24) is 4.90 Å². The molecule has 0 aliphatic carbocycles. The SMILES string of the molecule is CCCCN(CCCC)CC(=O)C(C)CC. The quantitative estimate of drug-likeness (QED) is 0.569. The van der Waals surface area contributed by atoms with Gasteiger partial charge >= 0.3 is 0 Å². The van der Waals surface area contributed by atoms with Gasteiger partial charge in [0.25, 0.3) is 0 Å². The molecule has 0 rings (SSSR count). The van der Waals surface area contributed by atoms with Gasteiger partial charge in [-0.2, -0.15) is 0 Å². The molecular formula is C14H29NO. The molecule has 0 fully saturated rings. The summed E-state index contributed by atoms with van der Waals surface area (Å²) in [5, 5.41) is 0. The molecule has 0 bridgehead atoms. The van der Waals surface area contributed by atoms with Crippen LogP contribution < -0.4 is 0 Å². The van der Waals surface area contributed by atoms with Crippen LogP contribution in [0.25, 0.3) is 0 Å². The fourth-order valence-corrected chi connectivity index (χ4v) is 1.64.